The lowest BCUT2D eigenvalue weighted by Gasteiger charge is -2.36. The second-order valence-corrected chi connectivity index (χ2v) is 8.83. The summed E-state index contributed by atoms with van der Waals surface area (Å²) in [4.78, 5) is 0. The molecular weight excluding hydrogens is 420 g/mol. The zero-order valence-electron chi connectivity index (χ0n) is 18.7. The lowest BCUT2D eigenvalue weighted by atomic mass is 9.96. The van der Waals surface area contributed by atoms with Gasteiger partial charge in [-0.1, -0.05) is 69.8 Å². The standard InChI is InChI=1S/C30H24N2O2/c1-3-12-22(13-4-1)28-24-16-7-9-18-26(24)33-30-31(28)20-11-21-32(30)29(23-14-5-2-6-15-23)25-17-8-10-19-27(25)34-30/h1-10,12-19H,11,20-21H2/q+2. The van der Waals surface area contributed by atoms with Crippen LogP contribution in [-0.4, -0.2) is 39.7 Å². The van der Waals surface area contributed by atoms with E-state index in [1.165, 1.54) is 0 Å². The molecular formula is C30H24N2O2+2. The van der Waals surface area contributed by atoms with E-state index in [0.717, 1.165) is 64.7 Å². The molecule has 3 aliphatic heterocycles. The van der Waals surface area contributed by atoms with Crippen molar-refractivity contribution in [3.8, 4) is 11.5 Å². The Bertz CT molecular complexity index is 1360. The normalized spacial score (nSPS) is 17.5. The number of fused-ring (bicyclic) bond motifs is 2. The van der Waals surface area contributed by atoms with Crippen molar-refractivity contribution in [2.45, 2.75) is 12.5 Å². The summed E-state index contributed by atoms with van der Waals surface area (Å²) >= 11 is 0. The SMILES string of the molecule is c1ccc(C2=[N+]3CCC[N+]4=C(c5ccccc5)c5ccccc5OC34Oc3ccccc32)cc1. The fourth-order valence-corrected chi connectivity index (χ4v) is 5.46. The number of hydrogen-bond acceptors (Lipinski definition) is 2. The predicted molar refractivity (Wildman–Crippen MR) is 131 cm³/mol. The van der Waals surface area contributed by atoms with E-state index in [0.29, 0.717) is 0 Å². The summed E-state index contributed by atoms with van der Waals surface area (Å²) in [5, 5.41) is 0. The second-order valence-electron chi connectivity index (χ2n) is 8.83. The van der Waals surface area contributed by atoms with Crippen molar-refractivity contribution in [1.82, 2.24) is 0 Å². The molecule has 4 aromatic rings. The number of rotatable bonds is 2. The van der Waals surface area contributed by atoms with Crippen LogP contribution in [0, 0.1) is 0 Å². The van der Waals surface area contributed by atoms with Crippen LogP contribution >= 0.6 is 0 Å². The van der Waals surface area contributed by atoms with Crippen LogP contribution in [0.4, 0.5) is 0 Å². The number of para-hydroxylation sites is 2. The van der Waals surface area contributed by atoms with E-state index in [1.807, 2.05) is 24.3 Å². The van der Waals surface area contributed by atoms with E-state index in [4.69, 9.17) is 9.47 Å². The van der Waals surface area contributed by atoms with Crippen LogP contribution in [0.1, 0.15) is 28.7 Å². The molecule has 0 N–H and O–H groups in total. The van der Waals surface area contributed by atoms with Crippen LogP contribution in [0.2, 0.25) is 0 Å². The summed E-state index contributed by atoms with van der Waals surface area (Å²) in [6, 6.07) is 36.6. The van der Waals surface area contributed by atoms with Gasteiger partial charge in [-0.3, -0.25) is 0 Å². The summed E-state index contributed by atoms with van der Waals surface area (Å²) in [6.07, 6.45) is 0.992. The van der Waals surface area contributed by atoms with Gasteiger partial charge in [0.05, 0.1) is 17.5 Å². The third-order valence-electron chi connectivity index (χ3n) is 6.85. The molecule has 0 amide bonds. The Hall–Kier alpha value is -4.18. The minimum atomic E-state index is -1.10. The van der Waals surface area contributed by atoms with Crippen molar-refractivity contribution in [1.29, 1.82) is 0 Å². The van der Waals surface area contributed by atoms with Gasteiger partial charge in [0.2, 0.25) is 11.4 Å². The molecule has 0 unspecified atom stereocenters. The topological polar surface area (TPSA) is 24.5 Å². The first kappa shape index (κ1) is 19.3. The smallest absolute Gasteiger partial charge is 0.341 e. The third kappa shape index (κ3) is 2.72. The Kier molecular flexibility index (Phi) is 4.21. The zero-order chi connectivity index (χ0) is 22.5. The van der Waals surface area contributed by atoms with Gasteiger partial charge < -0.3 is 9.47 Å². The molecule has 0 radical (unpaired) electrons. The molecule has 1 fully saturated rings. The average molecular weight is 445 g/mol. The highest BCUT2D eigenvalue weighted by atomic mass is 16.7. The van der Waals surface area contributed by atoms with Crippen molar-refractivity contribution in [2.75, 3.05) is 13.1 Å². The lowest BCUT2D eigenvalue weighted by Crippen LogP contribution is -2.69. The van der Waals surface area contributed by atoms with Gasteiger partial charge in [0.25, 0.3) is 0 Å². The summed E-state index contributed by atoms with van der Waals surface area (Å²) < 4.78 is 18.4. The molecule has 4 aromatic carbocycles. The Morgan fingerprint density at radius 2 is 0.912 bits per heavy atom. The molecule has 7 rings (SSSR count). The van der Waals surface area contributed by atoms with E-state index < -0.39 is 6.03 Å². The summed E-state index contributed by atoms with van der Waals surface area (Å²) in [5.41, 5.74) is 6.76. The highest BCUT2D eigenvalue weighted by Gasteiger charge is 2.69. The highest BCUT2D eigenvalue weighted by Crippen LogP contribution is 2.40. The Morgan fingerprint density at radius 3 is 1.38 bits per heavy atom. The molecule has 3 heterocycles. The highest BCUT2D eigenvalue weighted by molar-refractivity contribution is 6.13. The van der Waals surface area contributed by atoms with Crippen molar-refractivity contribution in [3.05, 3.63) is 131 Å². The molecule has 0 aromatic heterocycles. The van der Waals surface area contributed by atoms with E-state index in [-0.39, 0.29) is 0 Å². The minimum absolute atomic E-state index is 0.830. The second kappa shape index (κ2) is 7.42. The van der Waals surface area contributed by atoms with Gasteiger partial charge in [-0.05, 0) is 48.5 Å². The molecule has 34 heavy (non-hydrogen) atoms. The van der Waals surface area contributed by atoms with E-state index in [9.17, 15) is 0 Å². The number of benzene rings is 4. The van der Waals surface area contributed by atoms with E-state index in [1.54, 1.807) is 0 Å². The van der Waals surface area contributed by atoms with Crippen molar-refractivity contribution in [2.24, 2.45) is 0 Å². The van der Waals surface area contributed by atoms with Crippen LogP contribution in [0.25, 0.3) is 0 Å². The fourth-order valence-electron chi connectivity index (χ4n) is 5.46. The first-order valence-corrected chi connectivity index (χ1v) is 11.8. The number of ether oxygens (including phenoxy) is 2. The molecule has 164 valence electrons. The van der Waals surface area contributed by atoms with Crippen molar-refractivity contribution < 1.29 is 18.6 Å². The van der Waals surface area contributed by atoms with Crippen LogP contribution < -0.4 is 9.47 Å². The molecule has 0 saturated carbocycles. The number of hydrogen-bond donors (Lipinski definition) is 0. The Balaban J connectivity index is 1.59. The number of nitrogens with zero attached hydrogens (tertiary/aromatic N) is 2. The maximum absolute atomic E-state index is 6.88. The van der Waals surface area contributed by atoms with Crippen LogP contribution in [0.5, 0.6) is 11.5 Å². The quantitative estimate of drug-likeness (QED) is 0.412. The average Bonchev–Trinajstić information content (AvgIpc) is 2.90. The van der Waals surface area contributed by atoms with Crippen LogP contribution in [0.15, 0.2) is 109 Å². The molecule has 4 nitrogen and oxygen atoms in total. The van der Waals surface area contributed by atoms with Gasteiger partial charge in [0, 0.05) is 11.1 Å². The first-order valence-electron chi connectivity index (χ1n) is 11.8. The van der Waals surface area contributed by atoms with E-state index in [2.05, 4.69) is 94.1 Å². The largest absolute Gasteiger partial charge is 0.704 e. The lowest BCUT2D eigenvalue weighted by molar-refractivity contribution is -0.927. The molecule has 4 heteroatoms. The third-order valence-corrected chi connectivity index (χ3v) is 6.85. The van der Waals surface area contributed by atoms with Gasteiger partial charge in [-0.25, -0.2) is 0 Å². The van der Waals surface area contributed by atoms with Crippen molar-refractivity contribution >= 4 is 11.4 Å². The molecule has 0 aliphatic carbocycles. The fraction of sp³-hybridized carbons (Fsp3) is 0.133. The van der Waals surface area contributed by atoms with Gasteiger partial charge in [-0.15, -0.1) is 0 Å². The van der Waals surface area contributed by atoms with Crippen molar-refractivity contribution in [3.63, 3.8) is 0 Å². The Labute approximate surface area is 198 Å². The summed E-state index contributed by atoms with van der Waals surface area (Å²) in [6.45, 7) is 1.67. The molecule has 1 spiro atoms. The monoisotopic (exact) mass is 444 g/mol. The van der Waals surface area contributed by atoms with Crippen LogP contribution in [0.3, 0.4) is 0 Å². The zero-order valence-corrected chi connectivity index (χ0v) is 18.7. The molecule has 0 bridgehead atoms. The van der Waals surface area contributed by atoms with Gasteiger partial charge >= 0.3 is 6.03 Å². The maximum atomic E-state index is 6.88. The van der Waals surface area contributed by atoms with Gasteiger partial charge in [0.1, 0.15) is 0 Å². The molecule has 0 atom stereocenters. The summed E-state index contributed by atoms with van der Waals surface area (Å²) in [5.74, 6) is 1.66. The van der Waals surface area contributed by atoms with Gasteiger partial charge in [0.15, 0.2) is 24.6 Å². The maximum Gasteiger partial charge on any atom is 0.704 e. The molecule has 3 aliphatic rings. The Morgan fingerprint density at radius 1 is 0.500 bits per heavy atom. The van der Waals surface area contributed by atoms with Gasteiger partial charge in [-0.2, -0.15) is 0 Å². The predicted octanol–water partition coefficient (Wildman–Crippen LogP) is 4.89. The summed E-state index contributed by atoms with van der Waals surface area (Å²) in [7, 11) is 0. The van der Waals surface area contributed by atoms with Crippen LogP contribution in [-0.2, 0) is 0 Å². The molecule has 1 saturated heterocycles. The first-order chi connectivity index (χ1) is 16.9. The minimum Gasteiger partial charge on any atom is -0.341 e. The van der Waals surface area contributed by atoms with E-state index >= 15 is 0 Å².